The minimum Gasteiger partial charge on any atom is -0.367 e. The summed E-state index contributed by atoms with van der Waals surface area (Å²) < 4.78 is 7.90. The molecule has 1 aromatic carbocycles. The summed E-state index contributed by atoms with van der Waals surface area (Å²) >= 11 is 0. The third kappa shape index (κ3) is 3.64. The van der Waals surface area contributed by atoms with Gasteiger partial charge in [0.1, 0.15) is 6.10 Å². The third-order valence-electron chi connectivity index (χ3n) is 5.13. The number of benzene rings is 1. The van der Waals surface area contributed by atoms with E-state index in [1.165, 1.54) is 0 Å². The predicted octanol–water partition coefficient (Wildman–Crippen LogP) is 1.80. The lowest BCUT2D eigenvalue weighted by Gasteiger charge is -2.36. The minimum atomic E-state index is -0.108. The second-order valence-corrected chi connectivity index (χ2v) is 7.12. The molecule has 26 heavy (non-hydrogen) atoms. The molecule has 2 aromatic rings. The van der Waals surface area contributed by atoms with Crippen molar-refractivity contribution in [3.63, 3.8) is 0 Å². The molecule has 3 heterocycles. The van der Waals surface area contributed by atoms with E-state index in [4.69, 9.17) is 4.74 Å². The minimum absolute atomic E-state index is 0.0163. The van der Waals surface area contributed by atoms with Crippen LogP contribution in [-0.2, 0) is 4.74 Å². The highest BCUT2D eigenvalue weighted by molar-refractivity contribution is 5.92. The van der Waals surface area contributed by atoms with Crippen LogP contribution in [0.2, 0.25) is 0 Å². The zero-order valence-corrected chi connectivity index (χ0v) is 15.0. The molecule has 2 fully saturated rings. The van der Waals surface area contributed by atoms with Crippen molar-refractivity contribution in [2.24, 2.45) is 0 Å². The van der Waals surface area contributed by atoms with E-state index >= 15 is 0 Å². The van der Waals surface area contributed by atoms with Crippen molar-refractivity contribution in [1.29, 1.82) is 0 Å². The molecule has 2 aliphatic rings. The van der Waals surface area contributed by atoms with Crippen LogP contribution in [0.25, 0.3) is 0 Å². The maximum Gasteiger partial charge on any atom is 0.276 e. The molecule has 1 amide bonds. The zero-order chi connectivity index (χ0) is 17.9. The van der Waals surface area contributed by atoms with Crippen molar-refractivity contribution in [3.8, 4) is 0 Å². The Balaban J connectivity index is 1.47. The highest BCUT2D eigenvalue weighted by Crippen LogP contribution is 2.26. The molecule has 2 aliphatic heterocycles. The number of ether oxygens (including phenoxy) is 1. The van der Waals surface area contributed by atoms with Crippen molar-refractivity contribution in [1.82, 2.24) is 25.2 Å². The second-order valence-electron chi connectivity index (χ2n) is 7.12. The Labute approximate surface area is 153 Å². The number of piperidine rings is 1. The van der Waals surface area contributed by atoms with E-state index in [1.807, 2.05) is 46.8 Å². The van der Waals surface area contributed by atoms with Crippen molar-refractivity contribution >= 4 is 5.91 Å². The largest absolute Gasteiger partial charge is 0.367 e. The normalized spacial score (nSPS) is 24.6. The topological polar surface area (TPSA) is 72.3 Å². The van der Waals surface area contributed by atoms with Gasteiger partial charge in [0.2, 0.25) is 0 Å². The Morgan fingerprint density at radius 1 is 1.19 bits per heavy atom. The van der Waals surface area contributed by atoms with Gasteiger partial charge in [-0.3, -0.25) is 4.79 Å². The van der Waals surface area contributed by atoms with E-state index < -0.39 is 0 Å². The van der Waals surface area contributed by atoms with Gasteiger partial charge < -0.3 is 15.0 Å². The number of rotatable bonds is 3. The third-order valence-corrected chi connectivity index (χ3v) is 5.13. The molecule has 4 rings (SSSR count). The molecular formula is C19H25N5O2. The van der Waals surface area contributed by atoms with Gasteiger partial charge in [-0.25, -0.2) is 4.68 Å². The van der Waals surface area contributed by atoms with Gasteiger partial charge in [0.05, 0.1) is 24.9 Å². The van der Waals surface area contributed by atoms with Gasteiger partial charge in [-0.15, -0.1) is 5.10 Å². The number of morpholine rings is 1. The second kappa shape index (κ2) is 7.55. The van der Waals surface area contributed by atoms with Crippen molar-refractivity contribution in [2.45, 2.75) is 38.0 Å². The molecule has 1 N–H and O–H groups in total. The molecule has 0 bridgehead atoms. The number of amides is 1. The van der Waals surface area contributed by atoms with E-state index in [0.29, 0.717) is 24.8 Å². The molecule has 0 radical (unpaired) electrons. The number of carbonyl (C=O) groups is 1. The van der Waals surface area contributed by atoms with Gasteiger partial charge in [-0.2, -0.15) is 0 Å². The number of nitrogens with zero attached hydrogens (tertiary/aromatic N) is 4. The first kappa shape index (κ1) is 17.2. The Bertz CT molecular complexity index is 741. The lowest BCUT2D eigenvalue weighted by Crippen LogP contribution is -2.46. The van der Waals surface area contributed by atoms with Crippen LogP contribution in [0.1, 0.15) is 48.0 Å². The summed E-state index contributed by atoms with van der Waals surface area (Å²) in [5.41, 5.74) is 1.51. The molecule has 0 saturated carbocycles. The first-order valence-corrected chi connectivity index (χ1v) is 9.33. The summed E-state index contributed by atoms with van der Waals surface area (Å²) in [6.07, 6.45) is 3.71. The van der Waals surface area contributed by atoms with E-state index in [-0.39, 0.29) is 18.1 Å². The van der Waals surface area contributed by atoms with Gasteiger partial charge in [0.15, 0.2) is 5.69 Å². The van der Waals surface area contributed by atoms with E-state index in [2.05, 4.69) is 15.6 Å². The maximum atomic E-state index is 13.0. The fourth-order valence-electron chi connectivity index (χ4n) is 3.76. The lowest BCUT2D eigenvalue weighted by atomic mass is 10.1. The summed E-state index contributed by atoms with van der Waals surface area (Å²) in [4.78, 5) is 14.8. The van der Waals surface area contributed by atoms with E-state index in [9.17, 15) is 4.79 Å². The number of aromatic nitrogens is 3. The lowest BCUT2D eigenvalue weighted by molar-refractivity contribution is -0.0693. The molecule has 2 saturated heterocycles. The molecule has 2 atom stereocenters. The number of hydrogen-bond donors (Lipinski definition) is 1. The van der Waals surface area contributed by atoms with Crippen LogP contribution in [-0.4, -0.2) is 58.1 Å². The van der Waals surface area contributed by atoms with Crippen LogP contribution < -0.4 is 5.32 Å². The van der Waals surface area contributed by atoms with Gasteiger partial charge in [-0.1, -0.05) is 35.5 Å². The monoisotopic (exact) mass is 355 g/mol. The standard InChI is InChI=1S/C19H25N5O2/c1-14-11-23(13-18(26-14)15-5-3-2-4-6-15)19(25)17-12-24(22-21-17)16-7-9-20-10-8-16/h2-6,12,14,16,18,20H,7-11,13H2,1H3/t14-,18+/m1/s1. The van der Waals surface area contributed by atoms with Crippen LogP contribution in [0, 0.1) is 0 Å². The highest BCUT2D eigenvalue weighted by Gasteiger charge is 2.31. The van der Waals surface area contributed by atoms with Gasteiger partial charge in [0, 0.05) is 6.54 Å². The van der Waals surface area contributed by atoms with Crippen LogP contribution in [0.4, 0.5) is 0 Å². The molecule has 7 nitrogen and oxygen atoms in total. The quantitative estimate of drug-likeness (QED) is 0.909. The van der Waals surface area contributed by atoms with Crippen LogP contribution in [0.15, 0.2) is 36.5 Å². The Morgan fingerprint density at radius 2 is 1.96 bits per heavy atom. The van der Waals surface area contributed by atoms with Gasteiger partial charge in [0.25, 0.3) is 5.91 Å². The van der Waals surface area contributed by atoms with E-state index in [0.717, 1.165) is 31.5 Å². The van der Waals surface area contributed by atoms with Crippen molar-refractivity contribution in [3.05, 3.63) is 47.8 Å². The summed E-state index contributed by atoms with van der Waals surface area (Å²) in [6.45, 7) is 5.07. The summed E-state index contributed by atoms with van der Waals surface area (Å²) in [7, 11) is 0. The molecule has 0 unspecified atom stereocenters. The zero-order valence-electron chi connectivity index (χ0n) is 15.0. The van der Waals surface area contributed by atoms with Crippen molar-refractivity contribution in [2.75, 3.05) is 26.2 Å². The maximum absolute atomic E-state index is 13.0. The summed E-state index contributed by atoms with van der Waals surface area (Å²) in [6, 6.07) is 10.4. The first-order chi connectivity index (χ1) is 12.7. The van der Waals surface area contributed by atoms with Crippen LogP contribution >= 0.6 is 0 Å². The fourth-order valence-corrected chi connectivity index (χ4v) is 3.76. The number of carbonyl (C=O) groups excluding carboxylic acids is 1. The molecule has 1 aromatic heterocycles. The molecule has 138 valence electrons. The molecule has 0 spiro atoms. The fraction of sp³-hybridized carbons (Fsp3) is 0.526. The first-order valence-electron chi connectivity index (χ1n) is 9.33. The summed E-state index contributed by atoms with van der Waals surface area (Å²) in [5.74, 6) is -0.0683. The summed E-state index contributed by atoms with van der Waals surface area (Å²) in [5, 5.41) is 11.7. The molecular weight excluding hydrogens is 330 g/mol. The smallest absolute Gasteiger partial charge is 0.276 e. The number of hydrogen-bond acceptors (Lipinski definition) is 5. The van der Waals surface area contributed by atoms with E-state index in [1.54, 1.807) is 6.20 Å². The molecule has 0 aliphatic carbocycles. The SMILES string of the molecule is C[C@@H]1CN(C(=O)c2cn(C3CCNCC3)nn2)C[C@@H](c2ccccc2)O1. The van der Waals surface area contributed by atoms with Crippen molar-refractivity contribution < 1.29 is 9.53 Å². The Kier molecular flexibility index (Phi) is 4.99. The van der Waals surface area contributed by atoms with Crippen LogP contribution in [0.5, 0.6) is 0 Å². The van der Waals surface area contributed by atoms with Crippen LogP contribution in [0.3, 0.4) is 0 Å². The molecule has 7 heteroatoms. The highest BCUT2D eigenvalue weighted by atomic mass is 16.5. The predicted molar refractivity (Wildman–Crippen MR) is 96.8 cm³/mol. The van der Waals surface area contributed by atoms with Gasteiger partial charge in [-0.05, 0) is 38.4 Å². The Morgan fingerprint density at radius 3 is 2.73 bits per heavy atom. The number of nitrogens with one attached hydrogen (secondary N) is 1. The Hall–Kier alpha value is -2.25. The van der Waals surface area contributed by atoms with Gasteiger partial charge >= 0.3 is 0 Å². The average molecular weight is 355 g/mol. The average Bonchev–Trinajstić information content (AvgIpc) is 3.18.